The first-order valence-corrected chi connectivity index (χ1v) is 8.90. The highest BCUT2D eigenvalue weighted by atomic mass is 32.2. The first-order valence-electron chi connectivity index (χ1n) is 6.37. The highest BCUT2D eigenvalue weighted by Gasteiger charge is 2.26. The Morgan fingerprint density at radius 3 is 2.60 bits per heavy atom. The van der Waals surface area contributed by atoms with Gasteiger partial charge >= 0.3 is 0 Å². The molecule has 108 valence electrons. The fourth-order valence-corrected chi connectivity index (χ4v) is 3.69. The minimum atomic E-state index is -3.25. The normalized spacial score (nSPS) is 12.3. The van der Waals surface area contributed by atoms with Gasteiger partial charge in [-0.1, -0.05) is 19.1 Å². The number of para-hydroxylation sites is 1. The summed E-state index contributed by atoms with van der Waals surface area (Å²) < 4.78 is 24.3. The second-order valence-electron chi connectivity index (χ2n) is 4.99. The molecule has 0 aliphatic carbocycles. The number of nitrogens with one attached hydrogen (secondary N) is 1. The number of nitrogens with zero attached hydrogens (tertiary/aromatic N) is 1. The molecule has 0 fully saturated rings. The van der Waals surface area contributed by atoms with E-state index < -0.39 is 15.4 Å². The van der Waals surface area contributed by atoms with Crippen LogP contribution >= 0.6 is 11.3 Å². The van der Waals surface area contributed by atoms with Crippen LogP contribution in [0.3, 0.4) is 0 Å². The van der Waals surface area contributed by atoms with Crippen LogP contribution in [-0.2, 0) is 15.4 Å². The second-order valence-corrected chi connectivity index (χ2v) is 8.13. The maximum atomic E-state index is 12.1. The van der Waals surface area contributed by atoms with E-state index in [1.165, 1.54) is 0 Å². The van der Waals surface area contributed by atoms with Crippen molar-refractivity contribution in [1.82, 2.24) is 4.98 Å². The van der Waals surface area contributed by atoms with Gasteiger partial charge in [0.15, 0.2) is 9.84 Å². The summed E-state index contributed by atoms with van der Waals surface area (Å²) in [5.74, 6) is 0.0867. The lowest BCUT2D eigenvalue weighted by Crippen LogP contribution is -2.28. The van der Waals surface area contributed by atoms with Gasteiger partial charge in [-0.2, -0.15) is 0 Å². The van der Waals surface area contributed by atoms with Crippen LogP contribution in [0.25, 0.3) is 0 Å². The number of anilines is 1. The van der Waals surface area contributed by atoms with E-state index in [0.29, 0.717) is 10.6 Å². The van der Waals surface area contributed by atoms with Gasteiger partial charge in [0.1, 0.15) is 5.01 Å². The van der Waals surface area contributed by atoms with Crippen LogP contribution in [0.4, 0.5) is 5.69 Å². The molecule has 4 nitrogen and oxygen atoms in total. The topological polar surface area (TPSA) is 59.1 Å². The lowest BCUT2D eigenvalue weighted by atomic mass is 10.1. The molecule has 0 bridgehead atoms. The summed E-state index contributed by atoms with van der Waals surface area (Å²) in [7, 11) is -3.25. The summed E-state index contributed by atoms with van der Waals surface area (Å²) >= 11 is 1.55. The average molecular weight is 310 g/mol. The number of sulfone groups is 1. The van der Waals surface area contributed by atoms with Gasteiger partial charge in [0, 0.05) is 11.6 Å². The lowest BCUT2D eigenvalue weighted by Gasteiger charge is -2.26. The molecule has 0 aliphatic heterocycles. The van der Waals surface area contributed by atoms with Gasteiger partial charge < -0.3 is 5.32 Å². The van der Waals surface area contributed by atoms with Crippen molar-refractivity contribution >= 4 is 26.9 Å². The third kappa shape index (κ3) is 3.02. The fourth-order valence-electron chi connectivity index (χ4n) is 1.92. The molecule has 0 saturated carbocycles. The standard InChI is InChI=1S/C14H18N2O2S2/c1-4-20(17,18)12-8-6-5-7-11(12)16-14(2,3)13-15-9-10-19-13/h5-10,16H,4H2,1-3H3. The Labute approximate surface area is 123 Å². The zero-order valence-corrected chi connectivity index (χ0v) is 13.4. The van der Waals surface area contributed by atoms with Gasteiger partial charge in [-0.15, -0.1) is 11.3 Å². The van der Waals surface area contributed by atoms with Crippen LogP contribution in [0, 0.1) is 0 Å². The maximum absolute atomic E-state index is 12.1. The molecule has 1 heterocycles. The molecule has 2 rings (SSSR count). The summed E-state index contributed by atoms with van der Waals surface area (Å²) in [4.78, 5) is 4.64. The van der Waals surface area contributed by atoms with Gasteiger partial charge in [-0.25, -0.2) is 13.4 Å². The Hall–Kier alpha value is -1.40. The fraction of sp³-hybridized carbons (Fsp3) is 0.357. The van der Waals surface area contributed by atoms with Crippen LogP contribution in [0.15, 0.2) is 40.7 Å². The van der Waals surface area contributed by atoms with Gasteiger partial charge in [0.25, 0.3) is 0 Å². The Bertz CT molecular complexity index is 677. The number of aromatic nitrogens is 1. The molecule has 1 N–H and O–H groups in total. The highest BCUT2D eigenvalue weighted by molar-refractivity contribution is 7.91. The van der Waals surface area contributed by atoms with E-state index in [1.54, 1.807) is 42.7 Å². The maximum Gasteiger partial charge on any atom is 0.180 e. The molecule has 1 aromatic heterocycles. The quantitative estimate of drug-likeness (QED) is 0.920. The van der Waals surface area contributed by atoms with E-state index in [9.17, 15) is 8.42 Å². The van der Waals surface area contributed by atoms with E-state index in [2.05, 4.69) is 10.3 Å². The van der Waals surface area contributed by atoms with E-state index in [1.807, 2.05) is 25.3 Å². The molecule has 0 unspecified atom stereocenters. The molecule has 0 radical (unpaired) electrons. The SMILES string of the molecule is CCS(=O)(=O)c1ccccc1NC(C)(C)c1nccs1. The second kappa shape index (κ2) is 5.54. The molecule has 0 amide bonds. The van der Waals surface area contributed by atoms with E-state index in [0.717, 1.165) is 5.01 Å². The van der Waals surface area contributed by atoms with Crippen LogP contribution in [0.5, 0.6) is 0 Å². The number of rotatable bonds is 5. The molecule has 2 aromatic rings. The first-order chi connectivity index (χ1) is 9.37. The van der Waals surface area contributed by atoms with Crippen molar-refractivity contribution in [3.63, 3.8) is 0 Å². The van der Waals surface area contributed by atoms with Crippen molar-refractivity contribution in [3.8, 4) is 0 Å². The largest absolute Gasteiger partial charge is 0.373 e. The highest BCUT2D eigenvalue weighted by Crippen LogP contribution is 2.30. The number of hydrogen-bond donors (Lipinski definition) is 1. The summed E-state index contributed by atoms with van der Waals surface area (Å²) in [6.07, 6.45) is 1.75. The molecular weight excluding hydrogens is 292 g/mol. The number of benzene rings is 1. The lowest BCUT2D eigenvalue weighted by molar-refractivity contribution is 0.591. The predicted octanol–water partition coefficient (Wildman–Crippen LogP) is 3.28. The molecule has 0 aliphatic rings. The van der Waals surface area contributed by atoms with Gasteiger partial charge in [-0.05, 0) is 26.0 Å². The Balaban J connectivity index is 2.40. The minimum Gasteiger partial charge on any atom is -0.373 e. The summed E-state index contributed by atoms with van der Waals surface area (Å²) in [5, 5.41) is 6.13. The van der Waals surface area contributed by atoms with Crippen LogP contribution in [-0.4, -0.2) is 19.2 Å². The molecule has 0 saturated heterocycles. The first kappa shape index (κ1) is 15.0. The zero-order chi connectivity index (χ0) is 14.8. The van der Waals surface area contributed by atoms with Crippen LogP contribution in [0.1, 0.15) is 25.8 Å². The zero-order valence-electron chi connectivity index (χ0n) is 11.8. The smallest absolute Gasteiger partial charge is 0.180 e. The van der Waals surface area contributed by atoms with Crippen molar-refractivity contribution in [2.75, 3.05) is 11.1 Å². The summed E-state index contributed by atoms with van der Waals surface area (Å²) in [6, 6.07) is 7.00. The number of thiazole rings is 1. The Morgan fingerprint density at radius 1 is 1.30 bits per heavy atom. The molecule has 1 aromatic carbocycles. The molecule has 6 heteroatoms. The predicted molar refractivity (Wildman–Crippen MR) is 82.9 cm³/mol. The van der Waals surface area contributed by atoms with Gasteiger partial charge in [0.2, 0.25) is 0 Å². The van der Waals surface area contributed by atoms with Crippen molar-refractivity contribution in [2.24, 2.45) is 0 Å². The van der Waals surface area contributed by atoms with Crippen molar-refractivity contribution in [2.45, 2.75) is 31.2 Å². The van der Waals surface area contributed by atoms with Crippen LogP contribution < -0.4 is 5.32 Å². The average Bonchev–Trinajstić information content (AvgIpc) is 2.93. The molecule has 20 heavy (non-hydrogen) atoms. The summed E-state index contributed by atoms with van der Waals surface area (Å²) in [5.41, 5.74) is 0.197. The Morgan fingerprint density at radius 2 is 2.00 bits per heavy atom. The Kier molecular flexibility index (Phi) is 4.15. The minimum absolute atomic E-state index is 0.0867. The third-order valence-electron chi connectivity index (χ3n) is 3.02. The molecule has 0 spiro atoms. The molecular formula is C14H18N2O2S2. The summed E-state index contributed by atoms with van der Waals surface area (Å²) in [6.45, 7) is 5.63. The monoisotopic (exact) mass is 310 g/mol. The van der Waals surface area contributed by atoms with E-state index in [-0.39, 0.29) is 5.75 Å². The van der Waals surface area contributed by atoms with E-state index >= 15 is 0 Å². The van der Waals surface area contributed by atoms with Gasteiger partial charge in [0.05, 0.1) is 21.9 Å². The number of hydrogen-bond acceptors (Lipinski definition) is 5. The third-order valence-corrected chi connectivity index (χ3v) is 5.90. The van der Waals surface area contributed by atoms with Crippen molar-refractivity contribution in [3.05, 3.63) is 40.8 Å². The van der Waals surface area contributed by atoms with Gasteiger partial charge in [-0.3, -0.25) is 0 Å². The molecule has 0 atom stereocenters. The van der Waals surface area contributed by atoms with Crippen molar-refractivity contribution in [1.29, 1.82) is 0 Å². The van der Waals surface area contributed by atoms with Crippen molar-refractivity contribution < 1.29 is 8.42 Å². The van der Waals surface area contributed by atoms with E-state index in [4.69, 9.17) is 0 Å². The van der Waals surface area contributed by atoms with Crippen LogP contribution in [0.2, 0.25) is 0 Å².